The third-order valence-corrected chi connectivity index (χ3v) is 5.18. The smallest absolute Gasteiger partial charge is 0.416 e. The number of aromatic nitrogens is 1. The molecule has 3 nitrogen and oxygen atoms in total. The van der Waals surface area contributed by atoms with Crippen LogP contribution in [0.25, 0.3) is 11.3 Å². The number of nitrogens with two attached hydrogens (primary N) is 1. The maximum absolute atomic E-state index is 14.7. The van der Waals surface area contributed by atoms with E-state index in [1.54, 1.807) is 26.0 Å². The Morgan fingerprint density at radius 1 is 1.00 bits per heavy atom. The monoisotopic (exact) mass is 450 g/mol. The maximum atomic E-state index is 14.7. The van der Waals surface area contributed by atoms with Crippen LogP contribution in [0.4, 0.5) is 22.0 Å². The highest BCUT2D eigenvalue weighted by molar-refractivity contribution is 5.70. The molecular formula is C24H23F5N2O. The van der Waals surface area contributed by atoms with E-state index in [0.29, 0.717) is 22.6 Å². The Morgan fingerprint density at radius 2 is 1.72 bits per heavy atom. The van der Waals surface area contributed by atoms with Gasteiger partial charge >= 0.3 is 6.18 Å². The van der Waals surface area contributed by atoms with Gasteiger partial charge in [0, 0.05) is 24.1 Å². The second kappa shape index (κ2) is 9.24. The second-order valence-corrected chi connectivity index (χ2v) is 7.47. The average Bonchev–Trinajstić information content (AvgIpc) is 2.73. The third kappa shape index (κ3) is 4.75. The molecule has 32 heavy (non-hydrogen) atoms. The molecule has 0 spiro atoms. The van der Waals surface area contributed by atoms with Gasteiger partial charge < -0.3 is 10.5 Å². The van der Waals surface area contributed by atoms with Crippen LogP contribution < -0.4 is 10.5 Å². The highest BCUT2D eigenvalue weighted by Crippen LogP contribution is 2.38. The molecule has 0 saturated carbocycles. The normalized spacial score (nSPS) is 12.7. The fraction of sp³-hybridized carbons (Fsp3) is 0.292. The molecule has 0 aliphatic carbocycles. The molecule has 8 heteroatoms. The third-order valence-electron chi connectivity index (χ3n) is 5.18. The highest BCUT2D eigenvalue weighted by atomic mass is 19.4. The van der Waals surface area contributed by atoms with Crippen LogP contribution in [-0.4, -0.2) is 18.1 Å². The molecule has 3 aromatic rings. The molecule has 0 fully saturated rings. The summed E-state index contributed by atoms with van der Waals surface area (Å²) in [7, 11) is 0. The lowest BCUT2D eigenvalue weighted by Gasteiger charge is -2.21. The van der Waals surface area contributed by atoms with Gasteiger partial charge in [-0.2, -0.15) is 13.2 Å². The molecule has 0 radical (unpaired) electrons. The summed E-state index contributed by atoms with van der Waals surface area (Å²) in [5.41, 5.74) is 6.85. The Bertz CT molecular complexity index is 1130. The van der Waals surface area contributed by atoms with Crippen molar-refractivity contribution in [2.24, 2.45) is 5.73 Å². The predicted octanol–water partition coefficient (Wildman–Crippen LogP) is 6.15. The number of benzene rings is 2. The predicted molar refractivity (Wildman–Crippen MR) is 113 cm³/mol. The van der Waals surface area contributed by atoms with E-state index in [4.69, 9.17) is 10.5 Å². The minimum absolute atomic E-state index is 0.0217. The number of pyridine rings is 1. The van der Waals surface area contributed by atoms with Gasteiger partial charge in [-0.15, -0.1) is 0 Å². The first-order chi connectivity index (χ1) is 15.1. The molecule has 0 saturated heterocycles. The summed E-state index contributed by atoms with van der Waals surface area (Å²) in [5, 5.41) is 0. The molecule has 2 aromatic carbocycles. The van der Waals surface area contributed by atoms with Crippen molar-refractivity contribution < 1.29 is 26.7 Å². The van der Waals surface area contributed by atoms with Crippen LogP contribution in [0.3, 0.4) is 0 Å². The molecule has 3 rings (SSSR count). The van der Waals surface area contributed by atoms with Crippen molar-refractivity contribution in [1.29, 1.82) is 0 Å². The molecule has 0 amide bonds. The minimum atomic E-state index is -4.50. The Kier molecular flexibility index (Phi) is 6.83. The van der Waals surface area contributed by atoms with Crippen LogP contribution in [0.2, 0.25) is 0 Å². The fourth-order valence-electron chi connectivity index (χ4n) is 3.57. The zero-order chi connectivity index (χ0) is 23.6. The molecule has 170 valence electrons. The molecule has 0 aliphatic heterocycles. The van der Waals surface area contributed by atoms with Gasteiger partial charge in [-0.1, -0.05) is 18.2 Å². The van der Waals surface area contributed by atoms with Crippen LogP contribution in [0.1, 0.15) is 40.8 Å². The first kappa shape index (κ1) is 23.7. The molecule has 2 N–H and O–H groups in total. The summed E-state index contributed by atoms with van der Waals surface area (Å²) in [6.45, 7) is 5.25. The van der Waals surface area contributed by atoms with E-state index >= 15 is 0 Å². The largest absolute Gasteiger partial charge is 0.491 e. The van der Waals surface area contributed by atoms with Crippen molar-refractivity contribution in [2.45, 2.75) is 32.9 Å². The average molecular weight is 450 g/mol. The lowest BCUT2D eigenvalue weighted by Crippen LogP contribution is -2.17. The van der Waals surface area contributed by atoms with E-state index in [1.165, 1.54) is 19.1 Å². The Labute approximate surface area is 183 Å². The summed E-state index contributed by atoms with van der Waals surface area (Å²) in [6.07, 6.45) is -4.50. The number of rotatable bonds is 6. The van der Waals surface area contributed by atoms with E-state index < -0.39 is 29.3 Å². The van der Waals surface area contributed by atoms with Crippen LogP contribution in [-0.2, 0) is 6.18 Å². The molecule has 0 bridgehead atoms. The summed E-state index contributed by atoms with van der Waals surface area (Å²) < 4.78 is 73.8. The molecule has 1 heterocycles. The van der Waals surface area contributed by atoms with Gasteiger partial charge in [0.2, 0.25) is 0 Å². The Balaban J connectivity index is 2.21. The summed E-state index contributed by atoms with van der Waals surface area (Å²) in [4.78, 5) is 4.54. The van der Waals surface area contributed by atoms with Gasteiger partial charge in [0.1, 0.15) is 23.1 Å². The van der Waals surface area contributed by atoms with Gasteiger partial charge in [0.25, 0.3) is 0 Å². The highest BCUT2D eigenvalue weighted by Gasteiger charge is 2.31. The van der Waals surface area contributed by atoms with E-state index in [0.717, 1.165) is 18.2 Å². The quantitative estimate of drug-likeness (QED) is 0.458. The van der Waals surface area contributed by atoms with E-state index in [-0.39, 0.29) is 30.0 Å². The van der Waals surface area contributed by atoms with Crippen molar-refractivity contribution in [2.75, 3.05) is 13.2 Å². The van der Waals surface area contributed by atoms with Crippen molar-refractivity contribution in [3.8, 4) is 17.0 Å². The van der Waals surface area contributed by atoms with Crippen molar-refractivity contribution in [1.82, 2.24) is 4.98 Å². The zero-order valence-corrected chi connectivity index (χ0v) is 17.9. The van der Waals surface area contributed by atoms with Gasteiger partial charge in [0.05, 0.1) is 17.9 Å². The second-order valence-electron chi connectivity index (χ2n) is 7.47. The molecule has 0 aliphatic rings. The number of alkyl halides is 3. The summed E-state index contributed by atoms with van der Waals surface area (Å²) >= 11 is 0. The molecule has 1 aromatic heterocycles. The van der Waals surface area contributed by atoms with E-state index in [9.17, 15) is 22.0 Å². The van der Waals surface area contributed by atoms with Gasteiger partial charge in [-0.05, 0) is 55.7 Å². The lowest BCUT2D eigenvalue weighted by molar-refractivity contribution is -0.137. The SMILES string of the molecule is CCOc1c(C)cc(C(CN)c2cccc(C(F)(F)F)c2)nc1-c1cc(C)c(F)cc1F. The Hall–Kier alpha value is -3.00. The lowest BCUT2D eigenvalue weighted by atomic mass is 9.92. The van der Waals surface area contributed by atoms with E-state index in [2.05, 4.69) is 4.98 Å². The topological polar surface area (TPSA) is 48.1 Å². The fourth-order valence-corrected chi connectivity index (χ4v) is 3.57. The minimum Gasteiger partial charge on any atom is -0.491 e. The van der Waals surface area contributed by atoms with E-state index in [1.807, 2.05) is 0 Å². The molecule has 1 atom stereocenters. The van der Waals surface area contributed by atoms with Crippen molar-refractivity contribution >= 4 is 0 Å². The van der Waals surface area contributed by atoms with Gasteiger partial charge in [-0.3, -0.25) is 0 Å². The number of aryl methyl sites for hydroxylation is 2. The first-order valence-corrected chi connectivity index (χ1v) is 10.0. The number of hydrogen-bond donors (Lipinski definition) is 1. The molecular weight excluding hydrogens is 427 g/mol. The van der Waals surface area contributed by atoms with Crippen LogP contribution >= 0.6 is 0 Å². The van der Waals surface area contributed by atoms with Gasteiger partial charge in [-0.25, -0.2) is 13.8 Å². The standard InChI is InChI=1S/C24H23F5N2O/c1-4-32-23-14(3)9-21(31-22(23)17-8-13(2)19(25)11-20(17)26)18(12-30)15-6-5-7-16(10-15)24(27,28)29/h5-11,18H,4,12,30H2,1-3H3. The summed E-state index contributed by atoms with van der Waals surface area (Å²) in [5.74, 6) is -1.86. The Morgan fingerprint density at radius 3 is 2.34 bits per heavy atom. The number of hydrogen-bond acceptors (Lipinski definition) is 3. The van der Waals surface area contributed by atoms with Crippen LogP contribution in [0.15, 0.2) is 42.5 Å². The van der Waals surface area contributed by atoms with Crippen LogP contribution in [0.5, 0.6) is 5.75 Å². The first-order valence-electron chi connectivity index (χ1n) is 10.0. The van der Waals surface area contributed by atoms with Crippen LogP contribution in [0, 0.1) is 25.5 Å². The van der Waals surface area contributed by atoms with Crippen molar-refractivity contribution in [3.05, 3.63) is 82.0 Å². The van der Waals surface area contributed by atoms with Crippen molar-refractivity contribution in [3.63, 3.8) is 0 Å². The number of ether oxygens (including phenoxy) is 1. The number of halogens is 5. The van der Waals surface area contributed by atoms with Gasteiger partial charge in [0.15, 0.2) is 0 Å². The zero-order valence-electron chi connectivity index (χ0n) is 17.9. The molecule has 1 unspecified atom stereocenters. The number of nitrogens with zero attached hydrogens (tertiary/aromatic N) is 1. The summed E-state index contributed by atoms with van der Waals surface area (Å²) in [6, 6.07) is 8.65. The maximum Gasteiger partial charge on any atom is 0.416 e.